The highest BCUT2D eigenvalue weighted by molar-refractivity contribution is 7.99. The summed E-state index contributed by atoms with van der Waals surface area (Å²) in [5.41, 5.74) is 1.53. The fourth-order valence-corrected chi connectivity index (χ4v) is 4.95. The number of pyridine rings is 1. The van der Waals surface area contributed by atoms with E-state index in [0.29, 0.717) is 43.7 Å². The van der Waals surface area contributed by atoms with Gasteiger partial charge in [0.25, 0.3) is 0 Å². The third kappa shape index (κ3) is 5.85. The average Bonchev–Trinajstić information content (AvgIpc) is 3.63. The first-order valence-electron chi connectivity index (χ1n) is 11.6. The number of halogens is 1. The normalized spacial score (nSPS) is 16.3. The van der Waals surface area contributed by atoms with Gasteiger partial charge >= 0.3 is 0 Å². The molecule has 0 unspecified atom stereocenters. The van der Waals surface area contributed by atoms with Gasteiger partial charge in [-0.2, -0.15) is 0 Å². The minimum Gasteiger partial charge on any atom is -0.339 e. The van der Waals surface area contributed by atoms with Crippen LogP contribution in [0.2, 0.25) is 0 Å². The van der Waals surface area contributed by atoms with Crippen LogP contribution in [0.15, 0.2) is 53.9 Å². The molecular weight excluding hydrogens is 469 g/mol. The number of piperazine rings is 1. The maximum atomic E-state index is 13.0. The number of aromatic nitrogens is 4. The molecule has 1 saturated carbocycles. The van der Waals surface area contributed by atoms with Crippen molar-refractivity contribution in [1.82, 2.24) is 29.5 Å². The Kier molecular flexibility index (Phi) is 7.05. The standard InChI is InChI=1S/C24H26FN7O2S/c25-18-1-3-19(4-2-18)27-21(33)15-30-11-13-31(14-12-30)22(34)16-35-24-29-28-23(32(24)20-5-6-20)17-7-9-26-10-8-17/h1-4,7-10,20H,5-6,11-16H2,(H,27,33). The number of benzene rings is 1. The molecule has 2 aromatic heterocycles. The van der Waals surface area contributed by atoms with Crippen LogP contribution in [0.1, 0.15) is 18.9 Å². The molecule has 35 heavy (non-hydrogen) atoms. The summed E-state index contributed by atoms with van der Waals surface area (Å²) in [4.78, 5) is 33.1. The van der Waals surface area contributed by atoms with Crippen LogP contribution in [0.5, 0.6) is 0 Å². The summed E-state index contributed by atoms with van der Waals surface area (Å²) in [7, 11) is 0. The summed E-state index contributed by atoms with van der Waals surface area (Å²) in [5.74, 6) is 0.672. The van der Waals surface area contributed by atoms with E-state index in [1.165, 1.54) is 36.0 Å². The molecule has 2 amide bonds. The van der Waals surface area contributed by atoms with Crippen LogP contribution in [0.25, 0.3) is 11.4 Å². The quantitative estimate of drug-likeness (QED) is 0.480. The zero-order valence-corrected chi connectivity index (χ0v) is 20.0. The largest absolute Gasteiger partial charge is 0.339 e. The van der Waals surface area contributed by atoms with Gasteiger partial charge in [-0.1, -0.05) is 11.8 Å². The van der Waals surface area contributed by atoms with Gasteiger partial charge in [0.1, 0.15) is 5.82 Å². The highest BCUT2D eigenvalue weighted by atomic mass is 32.2. The summed E-state index contributed by atoms with van der Waals surface area (Å²) in [6, 6.07) is 9.91. The number of hydrogen-bond acceptors (Lipinski definition) is 7. The van der Waals surface area contributed by atoms with Crippen LogP contribution in [0, 0.1) is 5.82 Å². The van der Waals surface area contributed by atoms with Crippen LogP contribution < -0.4 is 5.32 Å². The Hall–Kier alpha value is -3.31. The van der Waals surface area contributed by atoms with Gasteiger partial charge in [-0.05, 0) is 49.2 Å². The second kappa shape index (κ2) is 10.5. The molecule has 3 heterocycles. The van der Waals surface area contributed by atoms with Gasteiger partial charge in [-0.15, -0.1) is 10.2 Å². The van der Waals surface area contributed by atoms with Crippen LogP contribution in [0.4, 0.5) is 10.1 Å². The number of carbonyl (C=O) groups excluding carboxylic acids is 2. The monoisotopic (exact) mass is 495 g/mol. The van der Waals surface area contributed by atoms with Crippen molar-refractivity contribution in [2.24, 2.45) is 0 Å². The molecule has 1 saturated heterocycles. The molecule has 11 heteroatoms. The first kappa shape index (κ1) is 23.4. The predicted molar refractivity (Wildman–Crippen MR) is 130 cm³/mol. The van der Waals surface area contributed by atoms with Gasteiger partial charge in [0.2, 0.25) is 11.8 Å². The molecule has 3 aromatic rings. The van der Waals surface area contributed by atoms with Gasteiger partial charge in [0, 0.05) is 55.9 Å². The molecule has 1 N–H and O–H groups in total. The van der Waals surface area contributed by atoms with E-state index in [0.717, 1.165) is 29.4 Å². The van der Waals surface area contributed by atoms with E-state index >= 15 is 0 Å². The van der Waals surface area contributed by atoms with Crippen molar-refractivity contribution in [3.05, 3.63) is 54.6 Å². The van der Waals surface area contributed by atoms with Crippen LogP contribution in [-0.2, 0) is 9.59 Å². The Morgan fingerprint density at radius 3 is 2.40 bits per heavy atom. The van der Waals surface area contributed by atoms with Crippen molar-refractivity contribution < 1.29 is 14.0 Å². The van der Waals surface area contributed by atoms with Gasteiger partial charge < -0.3 is 10.2 Å². The van der Waals surface area contributed by atoms with Crippen molar-refractivity contribution >= 4 is 29.3 Å². The number of thioether (sulfide) groups is 1. The average molecular weight is 496 g/mol. The van der Waals surface area contributed by atoms with Gasteiger partial charge in [0.15, 0.2) is 11.0 Å². The lowest BCUT2D eigenvalue weighted by molar-refractivity contribution is -0.130. The van der Waals surface area contributed by atoms with Crippen molar-refractivity contribution in [1.29, 1.82) is 0 Å². The molecule has 0 atom stereocenters. The van der Waals surface area contributed by atoms with Gasteiger partial charge in [-0.3, -0.25) is 24.0 Å². The van der Waals surface area contributed by atoms with E-state index in [9.17, 15) is 14.0 Å². The number of anilines is 1. The summed E-state index contributed by atoms with van der Waals surface area (Å²) in [6.07, 6.45) is 5.66. The molecular formula is C24H26FN7O2S. The van der Waals surface area contributed by atoms with E-state index in [2.05, 4.69) is 25.1 Å². The number of amides is 2. The van der Waals surface area contributed by atoms with E-state index in [1.807, 2.05) is 21.9 Å². The Balaban J connectivity index is 1.10. The Labute approximate surface area is 206 Å². The van der Waals surface area contributed by atoms with Crippen LogP contribution >= 0.6 is 11.8 Å². The van der Waals surface area contributed by atoms with Crippen molar-refractivity contribution in [3.8, 4) is 11.4 Å². The summed E-state index contributed by atoms with van der Waals surface area (Å²) < 4.78 is 15.2. The Bertz CT molecular complexity index is 1180. The maximum Gasteiger partial charge on any atom is 0.238 e. The van der Waals surface area contributed by atoms with E-state index in [4.69, 9.17) is 0 Å². The van der Waals surface area contributed by atoms with Crippen molar-refractivity contribution in [2.45, 2.75) is 24.0 Å². The zero-order chi connectivity index (χ0) is 24.2. The molecule has 2 aliphatic rings. The van der Waals surface area contributed by atoms with E-state index in [1.54, 1.807) is 12.4 Å². The molecule has 2 fully saturated rings. The molecule has 182 valence electrons. The van der Waals surface area contributed by atoms with Crippen molar-refractivity contribution in [3.63, 3.8) is 0 Å². The molecule has 0 radical (unpaired) electrons. The smallest absolute Gasteiger partial charge is 0.238 e. The molecule has 0 bridgehead atoms. The Morgan fingerprint density at radius 1 is 1.00 bits per heavy atom. The predicted octanol–water partition coefficient (Wildman–Crippen LogP) is 2.69. The summed E-state index contributed by atoms with van der Waals surface area (Å²) in [5, 5.41) is 12.3. The molecule has 0 spiro atoms. The van der Waals surface area contributed by atoms with E-state index < -0.39 is 0 Å². The third-order valence-electron chi connectivity index (χ3n) is 6.06. The molecule has 1 aliphatic heterocycles. The molecule has 9 nitrogen and oxygen atoms in total. The third-order valence-corrected chi connectivity index (χ3v) is 6.99. The molecule has 5 rings (SSSR count). The number of rotatable bonds is 8. The van der Waals surface area contributed by atoms with Crippen LogP contribution in [0.3, 0.4) is 0 Å². The number of nitrogens with one attached hydrogen (secondary N) is 1. The van der Waals surface area contributed by atoms with Gasteiger partial charge in [0.05, 0.1) is 12.3 Å². The van der Waals surface area contributed by atoms with Crippen LogP contribution in [-0.4, -0.2) is 79.8 Å². The number of hydrogen-bond donors (Lipinski definition) is 1. The van der Waals surface area contributed by atoms with Gasteiger partial charge in [-0.25, -0.2) is 4.39 Å². The zero-order valence-electron chi connectivity index (χ0n) is 19.1. The maximum absolute atomic E-state index is 13.0. The molecule has 1 aliphatic carbocycles. The second-order valence-electron chi connectivity index (χ2n) is 8.64. The lowest BCUT2D eigenvalue weighted by Crippen LogP contribution is -2.50. The lowest BCUT2D eigenvalue weighted by Gasteiger charge is -2.34. The fraction of sp³-hybridized carbons (Fsp3) is 0.375. The minimum atomic E-state index is -0.344. The van der Waals surface area contributed by atoms with E-state index in [-0.39, 0.29) is 24.2 Å². The fourth-order valence-electron chi connectivity index (χ4n) is 4.04. The number of carbonyl (C=O) groups is 2. The van der Waals surface area contributed by atoms with Crippen molar-refractivity contribution in [2.75, 3.05) is 43.8 Å². The first-order valence-corrected chi connectivity index (χ1v) is 12.6. The number of nitrogens with zero attached hydrogens (tertiary/aromatic N) is 6. The summed E-state index contributed by atoms with van der Waals surface area (Å²) in [6.45, 7) is 2.62. The topological polar surface area (TPSA) is 96.2 Å². The molecule has 1 aromatic carbocycles. The SMILES string of the molecule is O=C(CN1CCN(C(=O)CSc2nnc(-c3ccncc3)n2C2CC2)CC1)Nc1ccc(F)cc1. The Morgan fingerprint density at radius 2 is 1.71 bits per heavy atom. The summed E-state index contributed by atoms with van der Waals surface area (Å²) >= 11 is 1.42. The minimum absolute atomic E-state index is 0.0567. The first-order chi connectivity index (χ1) is 17.1. The highest BCUT2D eigenvalue weighted by Crippen LogP contribution is 2.41. The second-order valence-corrected chi connectivity index (χ2v) is 9.59. The highest BCUT2D eigenvalue weighted by Gasteiger charge is 2.31. The lowest BCUT2D eigenvalue weighted by atomic mass is 10.2.